The molecule has 0 heterocycles. The average molecular weight is 181 g/mol. The SMILES string of the molecule is CN(C)C(=O)c1ccc(O)c(O)c1. The number of carbonyl (C=O) groups is 1. The van der Waals surface area contributed by atoms with Crippen LogP contribution in [0, 0.1) is 0 Å². The maximum Gasteiger partial charge on any atom is 0.253 e. The first-order valence-corrected chi connectivity index (χ1v) is 3.76. The fraction of sp³-hybridized carbons (Fsp3) is 0.222. The molecular formula is C9H11NO3. The maximum absolute atomic E-state index is 11.3. The first-order chi connectivity index (χ1) is 6.02. The zero-order chi connectivity index (χ0) is 10.0. The first-order valence-electron chi connectivity index (χ1n) is 3.76. The normalized spacial score (nSPS) is 9.69. The molecule has 0 aromatic heterocycles. The number of aromatic hydroxyl groups is 2. The maximum atomic E-state index is 11.3. The number of amides is 1. The van der Waals surface area contributed by atoms with E-state index >= 15 is 0 Å². The molecule has 0 spiro atoms. The summed E-state index contributed by atoms with van der Waals surface area (Å²) in [6.07, 6.45) is 0. The molecule has 0 aliphatic heterocycles. The Morgan fingerprint density at radius 2 is 1.85 bits per heavy atom. The highest BCUT2D eigenvalue weighted by Gasteiger charge is 2.09. The summed E-state index contributed by atoms with van der Waals surface area (Å²) in [5.74, 6) is -0.724. The molecule has 0 atom stereocenters. The molecule has 0 radical (unpaired) electrons. The van der Waals surface area contributed by atoms with Crippen LogP contribution < -0.4 is 0 Å². The predicted octanol–water partition coefficient (Wildman–Crippen LogP) is 0.800. The molecule has 4 nitrogen and oxygen atoms in total. The van der Waals surface area contributed by atoms with E-state index in [9.17, 15) is 4.79 Å². The van der Waals surface area contributed by atoms with E-state index in [0.29, 0.717) is 5.56 Å². The number of carbonyl (C=O) groups excluding carboxylic acids is 1. The van der Waals surface area contributed by atoms with E-state index in [1.54, 1.807) is 14.1 Å². The summed E-state index contributed by atoms with van der Waals surface area (Å²) >= 11 is 0. The summed E-state index contributed by atoms with van der Waals surface area (Å²) < 4.78 is 0. The van der Waals surface area contributed by atoms with Crippen molar-refractivity contribution in [3.8, 4) is 11.5 Å². The van der Waals surface area contributed by atoms with Crippen LogP contribution in [0.15, 0.2) is 18.2 Å². The second kappa shape index (κ2) is 3.35. The molecule has 0 bridgehead atoms. The highest BCUT2D eigenvalue weighted by atomic mass is 16.3. The van der Waals surface area contributed by atoms with Gasteiger partial charge >= 0.3 is 0 Å². The van der Waals surface area contributed by atoms with Gasteiger partial charge in [-0.15, -0.1) is 0 Å². The van der Waals surface area contributed by atoms with Crippen molar-refractivity contribution in [2.24, 2.45) is 0 Å². The molecule has 1 amide bonds. The highest BCUT2D eigenvalue weighted by Crippen LogP contribution is 2.25. The summed E-state index contributed by atoms with van der Waals surface area (Å²) in [7, 11) is 3.23. The van der Waals surface area contributed by atoms with Crippen molar-refractivity contribution < 1.29 is 15.0 Å². The average Bonchev–Trinajstić information content (AvgIpc) is 2.08. The Balaban J connectivity index is 3.04. The number of phenolic OH excluding ortho intramolecular Hbond substituents is 2. The van der Waals surface area contributed by atoms with Gasteiger partial charge in [0.25, 0.3) is 5.91 Å². The molecule has 0 aliphatic carbocycles. The lowest BCUT2D eigenvalue weighted by atomic mass is 10.2. The molecular weight excluding hydrogens is 170 g/mol. The van der Waals surface area contributed by atoms with Crippen molar-refractivity contribution >= 4 is 5.91 Å². The minimum Gasteiger partial charge on any atom is -0.504 e. The van der Waals surface area contributed by atoms with Crippen LogP contribution in [0.5, 0.6) is 11.5 Å². The molecule has 0 aliphatic rings. The van der Waals surface area contributed by atoms with Gasteiger partial charge in [-0.05, 0) is 18.2 Å². The van der Waals surface area contributed by atoms with Crippen LogP contribution in [-0.4, -0.2) is 35.1 Å². The number of rotatable bonds is 1. The molecule has 1 rings (SSSR count). The molecule has 70 valence electrons. The van der Waals surface area contributed by atoms with Crippen LogP contribution in [-0.2, 0) is 0 Å². The molecule has 0 unspecified atom stereocenters. The minimum atomic E-state index is -0.285. The van der Waals surface area contributed by atoms with Crippen LogP contribution >= 0.6 is 0 Å². The number of hydrogen-bond donors (Lipinski definition) is 2. The summed E-state index contributed by atoms with van der Waals surface area (Å²) in [6, 6.07) is 3.97. The second-order valence-electron chi connectivity index (χ2n) is 2.90. The molecule has 4 heteroatoms. The standard InChI is InChI=1S/C9H11NO3/c1-10(2)9(13)6-3-4-7(11)8(12)5-6/h3-5,11-12H,1-2H3. The second-order valence-corrected chi connectivity index (χ2v) is 2.90. The quantitative estimate of drug-likeness (QED) is 0.630. The smallest absolute Gasteiger partial charge is 0.253 e. The van der Waals surface area contributed by atoms with Gasteiger partial charge in [-0.25, -0.2) is 0 Å². The Kier molecular flexibility index (Phi) is 2.41. The van der Waals surface area contributed by atoms with E-state index in [-0.39, 0.29) is 17.4 Å². The minimum absolute atomic E-state index is 0.213. The van der Waals surface area contributed by atoms with Gasteiger partial charge in [-0.3, -0.25) is 4.79 Å². The Morgan fingerprint density at radius 3 is 2.31 bits per heavy atom. The van der Waals surface area contributed by atoms with Gasteiger partial charge in [0.1, 0.15) is 0 Å². The van der Waals surface area contributed by atoms with E-state index in [0.717, 1.165) is 0 Å². The molecule has 13 heavy (non-hydrogen) atoms. The third kappa shape index (κ3) is 1.90. The summed E-state index contributed by atoms with van der Waals surface area (Å²) in [5.41, 5.74) is 0.348. The van der Waals surface area contributed by atoms with Gasteiger partial charge in [-0.2, -0.15) is 0 Å². The molecule has 0 saturated heterocycles. The first kappa shape index (κ1) is 9.38. The van der Waals surface area contributed by atoms with Crippen LogP contribution in [0.25, 0.3) is 0 Å². The van der Waals surface area contributed by atoms with Gasteiger partial charge in [0, 0.05) is 19.7 Å². The van der Waals surface area contributed by atoms with Gasteiger partial charge in [0.15, 0.2) is 11.5 Å². The summed E-state index contributed by atoms with van der Waals surface area (Å²) in [4.78, 5) is 12.7. The Hall–Kier alpha value is -1.71. The zero-order valence-corrected chi connectivity index (χ0v) is 7.48. The lowest BCUT2D eigenvalue weighted by molar-refractivity contribution is 0.0827. The molecule has 1 aromatic carbocycles. The number of benzene rings is 1. The van der Waals surface area contributed by atoms with Crippen molar-refractivity contribution in [1.29, 1.82) is 0 Å². The van der Waals surface area contributed by atoms with Crippen LogP contribution in [0.1, 0.15) is 10.4 Å². The lowest BCUT2D eigenvalue weighted by Gasteiger charge is -2.10. The Bertz CT molecular complexity index is 334. The predicted molar refractivity (Wildman–Crippen MR) is 47.8 cm³/mol. The van der Waals surface area contributed by atoms with Gasteiger partial charge in [-0.1, -0.05) is 0 Å². The molecule has 1 aromatic rings. The van der Waals surface area contributed by atoms with Crippen LogP contribution in [0.3, 0.4) is 0 Å². The fourth-order valence-electron chi connectivity index (χ4n) is 0.915. The van der Waals surface area contributed by atoms with Crippen LogP contribution in [0.2, 0.25) is 0 Å². The van der Waals surface area contributed by atoms with E-state index in [1.165, 1.54) is 23.1 Å². The van der Waals surface area contributed by atoms with Gasteiger partial charge in [0.2, 0.25) is 0 Å². The summed E-state index contributed by atoms with van der Waals surface area (Å²) in [6.45, 7) is 0. The Labute approximate surface area is 76.0 Å². The third-order valence-corrected chi connectivity index (χ3v) is 1.63. The third-order valence-electron chi connectivity index (χ3n) is 1.63. The molecule has 0 saturated carbocycles. The van der Waals surface area contributed by atoms with E-state index in [4.69, 9.17) is 10.2 Å². The van der Waals surface area contributed by atoms with Crippen LogP contribution in [0.4, 0.5) is 0 Å². The molecule has 2 N–H and O–H groups in total. The highest BCUT2D eigenvalue weighted by molar-refractivity contribution is 5.94. The van der Waals surface area contributed by atoms with E-state index in [2.05, 4.69) is 0 Å². The fourth-order valence-corrected chi connectivity index (χ4v) is 0.915. The van der Waals surface area contributed by atoms with E-state index < -0.39 is 0 Å². The topological polar surface area (TPSA) is 60.8 Å². The Morgan fingerprint density at radius 1 is 1.23 bits per heavy atom. The monoisotopic (exact) mass is 181 g/mol. The van der Waals surface area contributed by atoms with Crippen molar-refractivity contribution in [2.75, 3.05) is 14.1 Å². The lowest BCUT2D eigenvalue weighted by Crippen LogP contribution is -2.21. The van der Waals surface area contributed by atoms with Crippen molar-refractivity contribution in [3.63, 3.8) is 0 Å². The van der Waals surface area contributed by atoms with Crippen molar-refractivity contribution in [1.82, 2.24) is 4.90 Å². The van der Waals surface area contributed by atoms with E-state index in [1.807, 2.05) is 0 Å². The number of nitrogens with zero attached hydrogens (tertiary/aromatic N) is 1. The number of hydrogen-bond acceptors (Lipinski definition) is 3. The zero-order valence-electron chi connectivity index (χ0n) is 7.48. The summed E-state index contributed by atoms with van der Waals surface area (Å²) in [5, 5.41) is 18.1. The van der Waals surface area contributed by atoms with Gasteiger partial charge < -0.3 is 15.1 Å². The van der Waals surface area contributed by atoms with Gasteiger partial charge in [0.05, 0.1) is 0 Å². The number of phenols is 2. The molecule has 0 fully saturated rings. The van der Waals surface area contributed by atoms with Crippen molar-refractivity contribution in [3.05, 3.63) is 23.8 Å². The van der Waals surface area contributed by atoms with Crippen molar-refractivity contribution in [2.45, 2.75) is 0 Å². The largest absolute Gasteiger partial charge is 0.504 e.